The van der Waals surface area contributed by atoms with Crippen molar-refractivity contribution < 1.29 is 8.78 Å². The molecule has 5 heteroatoms. The lowest BCUT2D eigenvalue weighted by Crippen LogP contribution is -2.03. The molecule has 0 aliphatic carbocycles. The van der Waals surface area contributed by atoms with Gasteiger partial charge in [0.25, 0.3) is 0 Å². The molecule has 0 spiro atoms. The van der Waals surface area contributed by atoms with Crippen molar-refractivity contribution in [2.45, 2.75) is 6.42 Å². The second kappa shape index (κ2) is 5.21. The fourth-order valence-corrected chi connectivity index (χ4v) is 2.41. The number of benzene rings is 2. The lowest BCUT2D eigenvalue weighted by molar-refractivity contribution is 0.508. The highest BCUT2D eigenvalue weighted by Gasteiger charge is 2.13. The Balaban J connectivity index is 2.26. The summed E-state index contributed by atoms with van der Waals surface area (Å²) in [7, 11) is 0. The van der Waals surface area contributed by atoms with Crippen molar-refractivity contribution >= 4 is 22.6 Å². The summed E-state index contributed by atoms with van der Waals surface area (Å²) in [5.74, 6) is -0.603. The predicted molar refractivity (Wildman–Crippen MR) is 75.4 cm³/mol. The smallest absolute Gasteiger partial charge is 0.160 e. The van der Waals surface area contributed by atoms with Crippen LogP contribution in [0, 0.1) is 11.6 Å². The molecule has 102 valence electrons. The molecule has 1 aromatic heterocycles. The Morgan fingerprint density at radius 3 is 2.60 bits per heavy atom. The van der Waals surface area contributed by atoms with E-state index in [0.717, 1.165) is 22.9 Å². The Hall–Kier alpha value is -1.94. The number of fused-ring (bicyclic) bond motifs is 1. The van der Waals surface area contributed by atoms with Crippen LogP contribution in [0.2, 0.25) is 0 Å². The van der Waals surface area contributed by atoms with Crippen LogP contribution in [0.5, 0.6) is 0 Å². The van der Waals surface area contributed by atoms with Crippen LogP contribution in [0.15, 0.2) is 42.5 Å². The number of hydrogen-bond acceptors (Lipinski definition) is 1. The van der Waals surface area contributed by atoms with E-state index in [0.29, 0.717) is 18.0 Å². The van der Waals surface area contributed by atoms with Gasteiger partial charge in [0.15, 0.2) is 11.6 Å². The number of nitrogens with zero attached hydrogens (tertiary/aromatic N) is 2. The molecule has 0 aliphatic rings. The van der Waals surface area contributed by atoms with E-state index >= 15 is 0 Å². The van der Waals surface area contributed by atoms with E-state index < -0.39 is 11.6 Å². The van der Waals surface area contributed by atoms with Gasteiger partial charge in [-0.05, 0) is 24.3 Å². The van der Waals surface area contributed by atoms with Gasteiger partial charge >= 0.3 is 0 Å². The van der Waals surface area contributed by atoms with Crippen LogP contribution < -0.4 is 0 Å². The van der Waals surface area contributed by atoms with Gasteiger partial charge in [0.1, 0.15) is 5.82 Å². The van der Waals surface area contributed by atoms with Crippen molar-refractivity contribution in [1.29, 1.82) is 0 Å². The SMILES string of the molecule is Fc1ccc(-n2c(CCCl)nc3ccccc32)cc1F. The third kappa shape index (κ3) is 2.16. The third-order valence-electron chi connectivity index (χ3n) is 3.11. The standard InChI is InChI=1S/C15H11ClF2N2/c16-8-7-15-19-13-3-1-2-4-14(13)20(15)10-5-6-11(17)12(18)9-10/h1-6,9H,7-8H2. The molecule has 0 aliphatic heterocycles. The summed E-state index contributed by atoms with van der Waals surface area (Å²) in [6, 6.07) is 11.3. The van der Waals surface area contributed by atoms with Gasteiger partial charge in [0.05, 0.1) is 16.7 Å². The molecule has 0 atom stereocenters. The molecule has 0 radical (unpaired) electrons. The van der Waals surface area contributed by atoms with E-state index in [1.54, 1.807) is 4.57 Å². The van der Waals surface area contributed by atoms with Gasteiger partial charge in [0, 0.05) is 18.4 Å². The van der Waals surface area contributed by atoms with Gasteiger partial charge in [-0.25, -0.2) is 13.8 Å². The summed E-state index contributed by atoms with van der Waals surface area (Å²) >= 11 is 5.79. The molecule has 0 amide bonds. The molecule has 20 heavy (non-hydrogen) atoms. The maximum absolute atomic E-state index is 13.5. The van der Waals surface area contributed by atoms with Crippen molar-refractivity contribution in [3.05, 3.63) is 59.9 Å². The quantitative estimate of drug-likeness (QED) is 0.665. The first kappa shape index (κ1) is 13.1. The molecule has 1 heterocycles. The van der Waals surface area contributed by atoms with E-state index in [1.165, 1.54) is 12.1 Å². The van der Waals surface area contributed by atoms with Gasteiger partial charge in [-0.15, -0.1) is 11.6 Å². The van der Waals surface area contributed by atoms with Crippen molar-refractivity contribution in [2.75, 3.05) is 5.88 Å². The predicted octanol–water partition coefficient (Wildman–Crippen LogP) is 4.09. The van der Waals surface area contributed by atoms with Gasteiger partial charge in [-0.3, -0.25) is 4.57 Å². The Bertz CT molecular complexity index is 768. The van der Waals surface area contributed by atoms with Crippen LogP contribution in [0.25, 0.3) is 16.7 Å². The van der Waals surface area contributed by atoms with Crippen LogP contribution in [-0.4, -0.2) is 15.4 Å². The molecule has 2 nitrogen and oxygen atoms in total. The average Bonchev–Trinajstić information content (AvgIpc) is 2.80. The van der Waals surface area contributed by atoms with Crippen LogP contribution >= 0.6 is 11.6 Å². The molecule has 0 N–H and O–H groups in total. The number of aryl methyl sites for hydroxylation is 1. The first-order valence-electron chi connectivity index (χ1n) is 6.18. The van der Waals surface area contributed by atoms with Crippen molar-refractivity contribution in [2.24, 2.45) is 0 Å². The first-order chi connectivity index (χ1) is 9.70. The fourth-order valence-electron chi connectivity index (χ4n) is 2.24. The van der Waals surface area contributed by atoms with E-state index in [1.807, 2.05) is 24.3 Å². The van der Waals surface area contributed by atoms with Crippen LogP contribution in [-0.2, 0) is 6.42 Å². The lowest BCUT2D eigenvalue weighted by Gasteiger charge is -2.09. The molecular formula is C15H11ClF2N2. The zero-order valence-electron chi connectivity index (χ0n) is 10.5. The van der Waals surface area contributed by atoms with Gasteiger partial charge in [-0.1, -0.05) is 12.1 Å². The highest BCUT2D eigenvalue weighted by Crippen LogP contribution is 2.23. The molecule has 0 saturated heterocycles. The minimum Gasteiger partial charge on any atom is -0.296 e. The van der Waals surface area contributed by atoms with E-state index in [9.17, 15) is 8.78 Å². The Morgan fingerprint density at radius 1 is 1.05 bits per heavy atom. The molecule has 0 saturated carbocycles. The third-order valence-corrected chi connectivity index (χ3v) is 3.30. The zero-order valence-corrected chi connectivity index (χ0v) is 11.2. The van der Waals surface area contributed by atoms with E-state index in [-0.39, 0.29) is 0 Å². The summed E-state index contributed by atoms with van der Waals surface area (Å²) in [5.41, 5.74) is 2.19. The minimum absolute atomic E-state index is 0.410. The maximum atomic E-state index is 13.5. The molecule has 0 unspecified atom stereocenters. The number of rotatable bonds is 3. The van der Waals surface area contributed by atoms with Crippen LogP contribution in [0.4, 0.5) is 8.78 Å². The summed E-state index contributed by atoms with van der Waals surface area (Å²) in [5, 5.41) is 0. The number of alkyl halides is 1. The number of aromatic nitrogens is 2. The van der Waals surface area contributed by atoms with Crippen molar-refractivity contribution in [3.63, 3.8) is 0 Å². The highest BCUT2D eigenvalue weighted by atomic mass is 35.5. The Morgan fingerprint density at radius 2 is 1.85 bits per heavy atom. The number of halogens is 3. The molecular weight excluding hydrogens is 282 g/mol. The summed E-state index contributed by atoms with van der Waals surface area (Å²) in [6.45, 7) is 0. The Kier molecular flexibility index (Phi) is 3.40. The topological polar surface area (TPSA) is 17.8 Å². The van der Waals surface area contributed by atoms with Crippen LogP contribution in [0.1, 0.15) is 5.82 Å². The number of hydrogen-bond donors (Lipinski definition) is 0. The average molecular weight is 293 g/mol. The van der Waals surface area contributed by atoms with E-state index in [2.05, 4.69) is 4.98 Å². The normalized spacial score (nSPS) is 11.2. The molecule has 3 aromatic rings. The second-order valence-electron chi connectivity index (χ2n) is 4.39. The van der Waals surface area contributed by atoms with Gasteiger partial charge in [0.2, 0.25) is 0 Å². The van der Waals surface area contributed by atoms with E-state index in [4.69, 9.17) is 11.6 Å². The summed E-state index contributed by atoms with van der Waals surface area (Å²) < 4.78 is 28.3. The highest BCUT2D eigenvalue weighted by molar-refractivity contribution is 6.17. The summed E-state index contributed by atoms with van der Waals surface area (Å²) in [6.07, 6.45) is 0.551. The number of para-hydroxylation sites is 2. The second-order valence-corrected chi connectivity index (χ2v) is 4.77. The maximum Gasteiger partial charge on any atom is 0.160 e. The molecule has 0 bridgehead atoms. The lowest BCUT2D eigenvalue weighted by atomic mass is 10.2. The summed E-state index contributed by atoms with van der Waals surface area (Å²) in [4.78, 5) is 4.49. The monoisotopic (exact) mass is 292 g/mol. The Labute approximate surface area is 119 Å². The number of imidazole rings is 1. The van der Waals surface area contributed by atoms with Crippen molar-refractivity contribution in [3.8, 4) is 5.69 Å². The van der Waals surface area contributed by atoms with Gasteiger partial charge in [-0.2, -0.15) is 0 Å². The van der Waals surface area contributed by atoms with Gasteiger partial charge < -0.3 is 0 Å². The minimum atomic E-state index is -0.878. The van der Waals surface area contributed by atoms with Crippen LogP contribution in [0.3, 0.4) is 0 Å². The largest absolute Gasteiger partial charge is 0.296 e. The molecule has 2 aromatic carbocycles. The zero-order chi connectivity index (χ0) is 14.1. The fraction of sp³-hybridized carbons (Fsp3) is 0.133. The first-order valence-corrected chi connectivity index (χ1v) is 6.72. The van der Waals surface area contributed by atoms with Crippen molar-refractivity contribution in [1.82, 2.24) is 9.55 Å². The molecule has 0 fully saturated rings. The molecule has 3 rings (SSSR count).